The number of aryl methyl sites for hydroxylation is 1. The topological polar surface area (TPSA) is 17.1 Å². The predicted molar refractivity (Wildman–Crippen MR) is 76.0 cm³/mol. The van der Waals surface area contributed by atoms with Crippen LogP contribution in [0.1, 0.15) is 56.1 Å². The van der Waals surface area contributed by atoms with Crippen molar-refractivity contribution in [3.05, 3.63) is 35.1 Å². The third-order valence-electron chi connectivity index (χ3n) is 6.40. The fraction of sp³-hybridized carbons (Fsp3) is 0.611. The third kappa shape index (κ3) is 1.57. The Balaban J connectivity index is 1.73. The van der Waals surface area contributed by atoms with Gasteiger partial charge in [0, 0.05) is 11.8 Å². The van der Waals surface area contributed by atoms with Gasteiger partial charge in [-0.3, -0.25) is 4.79 Å². The van der Waals surface area contributed by atoms with E-state index in [2.05, 4.69) is 6.92 Å². The Kier molecular flexibility index (Phi) is 2.61. The van der Waals surface area contributed by atoms with Crippen molar-refractivity contribution in [1.29, 1.82) is 0 Å². The van der Waals surface area contributed by atoms with Gasteiger partial charge in [0.1, 0.15) is 11.6 Å². The molecule has 1 aromatic carbocycles. The number of halogens is 1. The summed E-state index contributed by atoms with van der Waals surface area (Å²) < 4.78 is 13.4. The molecule has 20 heavy (non-hydrogen) atoms. The summed E-state index contributed by atoms with van der Waals surface area (Å²) in [5.41, 5.74) is 2.52. The largest absolute Gasteiger partial charge is 0.299 e. The van der Waals surface area contributed by atoms with Crippen LogP contribution in [0.25, 0.3) is 0 Å². The zero-order chi connectivity index (χ0) is 13.9. The molecule has 0 aliphatic heterocycles. The van der Waals surface area contributed by atoms with Crippen molar-refractivity contribution in [3.8, 4) is 0 Å². The lowest BCUT2D eigenvalue weighted by Crippen LogP contribution is -2.42. The van der Waals surface area contributed by atoms with Crippen LogP contribution in [0.15, 0.2) is 18.2 Å². The first-order chi connectivity index (χ1) is 9.59. The molecule has 1 aromatic rings. The SMILES string of the molecule is C[C@]12CCC3c4ccc(F)cc4CC[C@H]3[C@@H]1CCC2=O. The Morgan fingerprint density at radius 1 is 1.20 bits per heavy atom. The van der Waals surface area contributed by atoms with E-state index >= 15 is 0 Å². The Morgan fingerprint density at radius 2 is 2.05 bits per heavy atom. The minimum atomic E-state index is -0.112. The summed E-state index contributed by atoms with van der Waals surface area (Å²) in [6, 6.07) is 5.33. The summed E-state index contributed by atoms with van der Waals surface area (Å²) in [5, 5.41) is 0. The number of hydrogen-bond acceptors (Lipinski definition) is 1. The fourth-order valence-corrected chi connectivity index (χ4v) is 5.32. The first-order valence-corrected chi connectivity index (χ1v) is 7.91. The standard InChI is InChI=1S/C18H21FO/c1-18-9-8-14-13-5-3-12(19)10-11(13)2-4-15(14)16(18)6-7-17(18)20/h3,5,10,14-16H,2,4,6-9H2,1H3/t14?,15-,16+,18+/m1/s1. The lowest BCUT2D eigenvalue weighted by Gasteiger charge is -2.48. The molecular formula is C18H21FO. The van der Waals surface area contributed by atoms with E-state index in [9.17, 15) is 9.18 Å². The first kappa shape index (κ1) is 12.6. The van der Waals surface area contributed by atoms with Gasteiger partial charge >= 0.3 is 0 Å². The first-order valence-electron chi connectivity index (χ1n) is 7.91. The second-order valence-corrected chi connectivity index (χ2v) is 7.18. The molecule has 0 radical (unpaired) electrons. The van der Waals surface area contributed by atoms with Crippen molar-refractivity contribution < 1.29 is 9.18 Å². The van der Waals surface area contributed by atoms with E-state index in [0.29, 0.717) is 23.5 Å². The summed E-state index contributed by atoms with van der Waals surface area (Å²) in [5.74, 6) is 2.14. The lowest BCUT2D eigenvalue weighted by molar-refractivity contribution is -0.129. The molecule has 106 valence electrons. The normalized spacial score (nSPS) is 39.1. The fourth-order valence-electron chi connectivity index (χ4n) is 5.32. The summed E-state index contributed by atoms with van der Waals surface area (Å²) in [6.45, 7) is 2.20. The molecule has 0 amide bonds. The molecule has 0 spiro atoms. The van der Waals surface area contributed by atoms with Crippen molar-refractivity contribution in [2.24, 2.45) is 17.3 Å². The smallest absolute Gasteiger partial charge is 0.139 e. The van der Waals surface area contributed by atoms with Gasteiger partial charge in [-0.05, 0) is 73.1 Å². The van der Waals surface area contributed by atoms with Gasteiger partial charge in [-0.15, -0.1) is 0 Å². The van der Waals surface area contributed by atoms with Crippen LogP contribution in [0.5, 0.6) is 0 Å². The molecule has 3 aliphatic carbocycles. The van der Waals surface area contributed by atoms with Gasteiger partial charge in [-0.2, -0.15) is 0 Å². The molecule has 1 unspecified atom stereocenters. The molecule has 4 rings (SSSR count). The van der Waals surface area contributed by atoms with E-state index in [4.69, 9.17) is 0 Å². The number of Topliss-reactive ketones (excluding diaryl/α,β-unsaturated/α-hetero) is 1. The average Bonchev–Trinajstić information content (AvgIpc) is 2.74. The zero-order valence-electron chi connectivity index (χ0n) is 12.0. The second-order valence-electron chi connectivity index (χ2n) is 7.18. The summed E-state index contributed by atoms with van der Waals surface area (Å²) in [4.78, 5) is 12.2. The highest BCUT2D eigenvalue weighted by Gasteiger charge is 2.54. The summed E-state index contributed by atoms with van der Waals surface area (Å²) in [6.07, 6.45) is 6.09. The number of fused-ring (bicyclic) bond motifs is 5. The molecule has 2 saturated carbocycles. The minimum absolute atomic E-state index is 0.0568. The van der Waals surface area contributed by atoms with Crippen molar-refractivity contribution in [2.75, 3.05) is 0 Å². The monoisotopic (exact) mass is 272 g/mol. The molecular weight excluding hydrogens is 251 g/mol. The lowest BCUT2D eigenvalue weighted by atomic mass is 9.55. The Hall–Kier alpha value is -1.18. The molecule has 1 nitrogen and oxygen atoms in total. The van der Waals surface area contributed by atoms with Crippen LogP contribution in [0.4, 0.5) is 4.39 Å². The Labute approximate surface area is 119 Å². The number of rotatable bonds is 0. The van der Waals surface area contributed by atoms with E-state index in [-0.39, 0.29) is 11.2 Å². The van der Waals surface area contributed by atoms with Crippen molar-refractivity contribution in [1.82, 2.24) is 0 Å². The molecule has 0 N–H and O–H groups in total. The van der Waals surface area contributed by atoms with E-state index < -0.39 is 0 Å². The van der Waals surface area contributed by atoms with Gasteiger partial charge < -0.3 is 0 Å². The van der Waals surface area contributed by atoms with Crippen LogP contribution >= 0.6 is 0 Å². The third-order valence-corrected chi connectivity index (χ3v) is 6.40. The molecule has 0 aromatic heterocycles. The van der Waals surface area contributed by atoms with Crippen LogP contribution in [-0.4, -0.2) is 5.78 Å². The van der Waals surface area contributed by atoms with E-state index in [0.717, 1.165) is 38.5 Å². The minimum Gasteiger partial charge on any atom is -0.299 e. The van der Waals surface area contributed by atoms with Crippen molar-refractivity contribution in [2.45, 2.75) is 51.4 Å². The highest BCUT2D eigenvalue weighted by Crippen LogP contribution is 2.59. The maximum Gasteiger partial charge on any atom is 0.139 e. The van der Waals surface area contributed by atoms with Gasteiger partial charge in [0.15, 0.2) is 0 Å². The quantitative estimate of drug-likeness (QED) is 0.690. The van der Waals surface area contributed by atoms with Crippen LogP contribution in [0.3, 0.4) is 0 Å². The average molecular weight is 272 g/mol. The predicted octanol–water partition coefficient (Wildman–Crippen LogP) is 4.25. The van der Waals surface area contributed by atoms with E-state index in [1.54, 1.807) is 12.1 Å². The molecule has 3 aliphatic rings. The van der Waals surface area contributed by atoms with Gasteiger partial charge in [-0.1, -0.05) is 13.0 Å². The van der Waals surface area contributed by atoms with Gasteiger partial charge in [0.25, 0.3) is 0 Å². The van der Waals surface area contributed by atoms with Crippen molar-refractivity contribution in [3.63, 3.8) is 0 Å². The number of hydrogen-bond donors (Lipinski definition) is 0. The Bertz CT molecular complexity index is 579. The molecule has 0 heterocycles. The van der Waals surface area contributed by atoms with E-state index in [1.807, 2.05) is 6.07 Å². The van der Waals surface area contributed by atoms with Crippen molar-refractivity contribution >= 4 is 5.78 Å². The zero-order valence-corrected chi connectivity index (χ0v) is 12.0. The number of ketones is 1. The van der Waals surface area contributed by atoms with Crippen LogP contribution in [0.2, 0.25) is 0 Å². The Morgan fingerprint density at radius 3 is 2.90 bits per heavy atom. The number of carbonyl (C=O) groups excluding carboxylic acids is 1. The van der Waals surface area contributed by atoms with Crippen LogP contribution in [-0.2, 0) is 11.2 Å². The highest BCUT2D eigenvalue weighted by atomic mass is 19.1. The van der Waals surface area contributed by atoms with Crippen LogP contribution < -0.4 is 0 Å². The van der Waals surface area contributed by atoms with E-state index in [1.165, 1.54) is 11.1 Å². The molecule has 2 heteroatoms. The molecule has 0 saturated heterocycles. The maximum absolute atomic E-state index is 13.4. The molecule has 2 fully saturated rings. The molecule has 4 atom stereocenters. The summed E-state index contributed by atoms with van der Waals surface area (Å²) in [7, 11) is 0. The number of benzene rings is 1. The highest BCUT2D eigenvalue weighted by molar-refractivity contribution is 5.87. The maximum atomic E-state index is 13.4. The second kappa shape index (κ2) is 4.16. The van der Waals surface area contributed by atoms with Gasteiger partial charge in [-0.25, -0.2) is 4.39 Å². The summed E-state index contributed by atoms with van der Waals surface area (Å²) >= 11 is 0. The van der Waals surface area contributed by atoms with Gasteiger partial charge in [0.05, 0.1) is 0 Å². The molecule has 0 bridgehead atoms. The van der Waals surface area contributed by atoms with Crippen LogP contribution in [0, 0.1) is 23.1 Å². The van der Waals surface area contributed by atoms with Gasteiger partial charge in [0.2, 0.25) is 0 Å². The number of carbonyl (C=O) groups is 1.